The van der Waals surface area contributed by atoms with Crippen LogP contribution in [0.25, 0.3) is 0 Å². The Morgan fingerprint density at radius 1 is 0.769 bits per heavy atom. The molecule has 0 saturated carbocycles. The van der Waals surface area contributed by atoms with Crippen molar-refractivity contribution in [2.24, 2.45) is 0 Å². The molecule has 3 nitrogen and oxygen atoms in total. The minimum atomic E-state index is -0.331. The number of hydrogen-bond donors (Lipinski definition) is 0. The van der Waals surface area contributed by atoms with Crippen LogP contribution < -0.4 is 9.47 Å². The normalized spacial score (nSPS) is 10.5. The second kappa shape index (κ2) is 11.3. The van der Waals surface area contributed by atoms with E-state index in [4.69, 9.17) is 9.47 Å². The summed E-state index contributed by atoms with van der Waals surface area (Å²) in [6, 6.07) is 14.9. The fraction of sp³-hybridized carbons (Fsp3) is 0.435. The van der Waals surface area contributed by atoms with Gasteiger partial charge in [-0.05, 0) is 61.2 Å². The molecular weight excluding hydrogens is 324 g/mol. The molecule has 0 saturated heterocycles. The van der Waals surface area contributed by atoms with Crippen molar-refractivity contribution in [1.82, 2.24) is 0 Å². The van der Waals surface area contributed by atoms with Crippen LogP contribution >= 0.6 is 0 Å². The van der Waals surface area contributed by atoms with Crippen LogP contribution in [0.3, 0.4) is 0 Å². The van der Waals surface area contributed by atoms with Gasteiger partial charge in [-0.25, -0.2) is 4.79 Å². The van der Waals surface area contributed by atoms with E-state index < -0.39 is 0 Å². The molecule has 0 atom stereocenters. The first-order valence-corrected chi connectivity index (χ1v) is 9.77. The summed E-state index contributed by atoms with van der Waals surface area (Å²) < 4.78 is 11.1. The molecule has 0 bridgehead atoms. The molecule has 0 radical (unpaired) electrons. The Morgan fingerprint density at radius 2 is 1.42 bits per heavy atom. The summed E-state index contributed by atoms with van der Waals surface area (Å²) in [6.45, 7) is 5.05. The minimum Gasteiger partial charge on any atom is -0.494 e. The monoisotopic (exact) mass is 354 g/mol. The van der Waals surface area contributed by atoms with Gasteiger partial charge in [-0.15, -0.1) is 0 Å². The van der Waals surface area contributed by atoms with Crippen molar-refractivity contribution in [3.8, 4) is 11.5 Å². The molecule has 3 heteroatoms. The van der Waals surface area contributed by atoms with Crippen molar-refractivity contribution >= 4 is 5.97 Å². The van der Waals surface area contributed by atoms with Gasteiger partial charge in [-0.3, -0.25) is 0 Å². The predicted octanol–water partition coefficient (Wildman–Crippen LogP) is 6.21. The third-order valence-corrected chi connectivity index (χ3v) is 4.31. The number of esters is 1. The van der Waals surface area contributed by atoms with Gasteiger partial charge >= 0.3 is 5.97 Å². The molecule has 0 heterocycles. The Hall–Kier alpha value is -2.29. The first-order valence-electron chi connectivity index (χ1n) is 9.77. The van der Waals surface area contributed by atoms with Crippen LogP contribution in [0.2, 0.25) is 0 Å². The lowest BCUT2D eigenvalue weighted by molar-refractivity contribution is 0.0734. The molecule has 0 amide bonds. The Labute approximate surface area is 157 Å². The van der Waals surface area contributed by atoms with Crippen molar-refractivity contribution in [3.05, 3.63) is 59.7 Å². The standard InChI is InChI=1S/C23H30O3/c1-3-5-7-8-9-19-10-12-20(13-11-19)23(24)26-22-16-14-21(15-17-22)25-18-6-4-2/h10-17H,3-9,18H2,1-2H3. The van der Waals surface area contributed by atoms with Crippen LogP contribution in [-0.4, -0.2) is 12.6 Å². The van der Waals surface area contributed by atoms with Crippen LogP contribution in [0, 0.1) is 0 Å². The smallest absolute Gasteiger partial charge is 0.343 e. The lowest BCUT2D eigenvalue weighted by atomic mass is 10.0. The molecule has 2 aromatic carbocycles. The highest BCUT2D eigenvalue weighted by molar-refractivity contribution is 5.91. The van der Waals surface area contributed by atoms with Crippen LogP contribution in [0.15, 0.2) is 48.5 Å². The van der Waals surface area contributed by atoms with E-state index >= 15 is 0 Å². The summed E-state index contributed by atoms with van der Waals surface area (Å²) in [5.41, 5.74) is 1.84. The van der Waals surface area contributed by atoms with E-state index in [2.05, 4.69) is 13.8 Å². The van der Waals surface area contributed by atoms with E-state index in [1.54, 1.807) is 12.1 Å². The van der Waals surface area contributed by atoms with E-state index in [1.165, 1.54) is 31.2 Å². The molecule has 0 N–H and O–H groups in total. The zero-order chi connectivity index (χ0) is 18.6. The molecule has 26 heavy (non-hydrogen) atoms. The van der Waals surface area contributed by atoms with Gasteiger partial charge < -0.3 is 9.47 Å². The van der Waals surface area contributed by atoms with Crippen molar-refractivity contribution in [2.75, 3.05) is 6.61 Å². The topological polar surface area (TPSA) is 35.5 Å². The molecule has 0 aliphatic carbocycles. The highest BCUT2D eigenvalue weighted by Gasteiger charge is 2.08. The van der Waals surface area contributed by atoms with Gasteiger partial charge in [0.2, 0.25) is 0 Å². The summed E-state index contributed by atoms with van der Waals surface area (Å²) >= 11 is 0. The summed E-state index contributed by atoms with van der Waals surface area (Å²) in [7, 11) is 0. The van der Waals surface area contributed by atoms with Gasteiger partial charge in [0.25, 0.3) is 0 Å². The largest absolute Gasteiger partial charge is 0.494 e. The van der Waals surface area contributed by atoms with Gasteiger partial charge in [0.1, 0.15) is 11.5 Å². The van der Waals surface area contributed by atoms with Crippen LogP contribution in [0.4, 0.5) is 0 Å². The van der Waals surface area contributed by atoms with E-state index in [9.17, 15) is 4.79 Å². The van der Waals surface area contributed by atoms with E-state index in [0.717, 1.165) is 25.0 Å². The zero-order valence-electron chi connectivity index (χ0n) is 16.0. The van der Waals surface area contributed by atoms with Crippen molar-refractivity contribution in [3.63, 3.8) is 0 Å². The summed E-state index contributed by atoms with van der Waals surface area (Å²) in [5, 5.41) is 0. The van der Waals surface area contributed by atoms with Gasteiger partial charge in [0, 0.05) is 0 Å². The molecular formula is C23H30O3. The molecule has 0 aliphatic rings. The lowest BCUT2D eigenvalue weighted by Crippen LogP contribution is -2.08. The maximum atomic E-state index is 12.3. The maximum absolute atomic E-state index is 12.3. The fourth-order valence-corrected chi connectivity index (χ4v) is 2.67. The Morgan fingerprint density at radius 3 is 2.08 bits per heavy atom. The number of hydrogen-bond acceptors (Lipinski definition) is 3. The van der Waals surface area contributed by atoms with E-state index in [-0.39, 0.29) is 5.97 Å². The second-order valence-electron chi connectivity index (χ2n) is 6.57. The molecule has 2 aromatic rings. The minimum absolute atomic E-state index is 0.331. The van der Waals surface area contributed by atoms with Crippen LogP contribution in [0.5, 0.6) is 11.5 Å². The van der Waals surface area contributed by atoms with Crippen LogP contribution in [0.1, 0.15) is 68.3 Å². The first-order chi connectivity index (χ1) is 12.7. The summed E-state index contributed by atoms with van der Waals surface area (Å²) in [6.07, 6.45) is 8.19. The Bertz CT molecular complexity index is 644. The fourth-order valence-electron chi connectivity index (χ4n) is 2.67. The number of carbonyl (C=O) groups excluding carboxylic acids is 1. The molecule has 0 aliphatic heterocycles. The maximum Gasteiger partial charge on any atom is 0.343 e. The average molecular weight is 354 g/mol. The zero-order valence-corrected chi connectivity index (χ0v) is 16.0. The number of benzene rings is 2. The molecule has 0 spiro atoms. The Kier molecular flexibility index (Phi) is 8.74. The third kappa shape index (κ3) is 6.91. The van der Waals surface area contributed by atoms with E-state index in [0.29, 0.717) is 17.9 Å². The molecule has 0 fully saturated rings. The van der Waals surface area contributed by atoms with Gasteiger partial charge in [-0.1, -0.05) is 51.7 Å². The first kappa shape index (κ1) is 20.0. The highest BCUT2D eigenvalue weighted by atomic mass is 16.5. The summed E-state index contributed by atoms with van der Waals surface area (Å²) in [5.74, 6) is 0.995. The predicted molar refractivity (Wildman–Crippen MR) is 106 cm³/mol. The molecule has 140 valence electrons. The summed E-state index contributed by atoms with van der Waals surface area (Å²) in [4.78, 5) is 12.3. The number of ether oxygens (including phenoxy) is 2. The van der Waals surface area contributed by atoms with Gasteiger partial charge in [0.15, 0.2) is 0 Å². The number of carbonyl (C=O) groups is 1. The van der Waals surface area contributed by atoms with Crippen molar-refractivity contribution < 1.29 is 14.3 Å². The van der Waals surface area contributed by atoms with Crippen LogP contribution in [-0.2, 0) is 6.42 Å². The van der Waals surface area contributed by atoms with E-state index in [1.807, 2.05) is 36.4 Å². The second-order valence-corrected chi connectivity index (χ2v) is 6.57. The van der Waals surface area contributed by atoms with Gasteiger partial charge in [-0.2, -0.15) is 0 Å². The quantitative estimate of drug-likeness (QED) is 0.273. The van der Waals surface area contributed by atoms with Gasteiger partial charge in [0.05, 0.1) is 12.2 Å². The van der Waals surface area contributed by atoms with Crippen molar-refractivity contribution in [2.45, 2.75) is 58.8 Å². The number of aryl methyl sites for hydroxylation is 1. The Balaban J connectivity index is 1.83. The highest BCUT2D eigenvalue weighted by Crippen LogP contribution is 2.19. The molecule has 0 unspecified atom stereocenters. The molecule has 2 rings (SSSR count). The molecule has 0 aromatic heterocycles. The SMILES string of the molecule is CCCCCCc1ccc(C(=O)Oc2ccc(OCCCC)cc2)cc1. The van der Waals surface area contributed by atoms with Crippen molar-refractivity contribution in [1.29, 1.82) is 0 Å². The number of unbranched alkanes of at least 4 members (excludes halogenated alkanes) is 4. The average Bonchev–Trinajstić information content (AvgIpc) is 2.67. The number of rotatable bonds is 11. The lowest BCUT2D eigenvalue weighted by Gasteiger charge is -2.08. The third-order valence-electron chi connectivity index (χ3n) is 4.31.